The molecular weight excluding hydrogens is 466 g/mol. The van der Waals surface area contributed by atoms with Crippen LogP contribution in [0.1, 0.15) is 34.3 Å². The zero-order valence-electron chi connectivity index (χ0n) is 19.3. The first-order valence-electron chi connectivity index (χ1n) is 11.6. The molecule has 0 bridgehead atoms. The average molecular weight is 492 g/mol. The van der Waals surface area contributed by atoms with Crippen molar-refractivity contribution >= 4 is 34.1 Å². The summed E-state index contributed by atoms with van der Waals surface area (Å²) in [6.45, 7) is 2.47. The molecule has 4 aromatic rings. The Morgan fingerprint density at radius 3 is 2.74 bits per heavy atom. The summed E-state index contributed by atoms with van der Waals surface area (Å²) in [5, 5.41) is 13.9. The van der Waals surface area contributed by atoms with Gasteiger partial charge in [-0.2, -0.15) is 0 Å². The summed E-state index contributed by atoms with van der Waals surface area (Å²) in [5.41, 5.74) is 3.25. The minimum atomic E-state index is -0.205. The van der Waals surface area contributed by atoms with Gasteiger partial charge < -0.3 is 24.9 Å². The van der Waals surface area contributed by atoms with Crippen LogP contribution in [0.4, 0.5) is 5.69 Å². The van der Waals surface area contributed by atoms with Gasteiger partial charge in [0.25, 0.3) is 0 Å². The number of pyridine rings is 1. The molecule has 3 heterocycles. The molecule has 1 aliphatic rings. The fourth-order valence-corrected chi connectivity index (χ4v) is 4.59. The van der Waals surface area contributed by atoms with Gasteiger partial charge in [-0.1, -0.05) is 29.8 Å². The van der Waals surface area contributed by atoms with Gasteiger partial charge in [-0.3, -0.25) is 4.79 Å². The molecule has 0 unspecified atom stereocenters. The van der Waals surface area contributed by atoms with Crippen molar-refractivity contribution < 1.29 is 19.4 Å². The van der Waals surface area contributed by atoms with Crippen LogP contribution >= 0.6 is 11.6 Å². The number of hydrogen-bond acceptors (Lipinski definition) is 6. The van der Waals surface area contributed by atoms with Crippen molar-refractivity contribution in [1.82, 2.24) is 9.97 Å². The predicted molar refractivity (Wildman–Crippen MR) is 136 cm³/mol. The maximum Gasteiger partial charge on any atom is 0.196 e. The summed E-state index contributed by atoms with van der Waals surface area (Å²) in [5.74, 6) is 1.03. The van der Waals surface area contributed by atoms with Crippen LogP contribution in [-0.4, -0.2) is 46.2 Å². The first-order valence-corrected chi connectivity index (χ1v) is 11.9. The minimum Gasteiger partial charge on any atom is -0.457 e. The Labute approximate surface area is 208 Å². The highest BCUT2D eigenvalue weighted by Gasteiger charge is 2.25. The van der Waals surface area contributed by atoms with E-state index in [9.17, 15) is 9.90 Å². The number of ketones is 1. The highest BCUT2D eigenvalue weighted by atomic mass is 35.5. The molecule has 1 aliphatic heterocycles. The maximum absolute atomic E-state index is 13.6. The number of para-hydroxylation sites is 1. The monoisotopic (exact) mass is 491 g/mol. The molecule has 0 saturated carbocycles. The lowest BCUT2D eigenvalue weighted by Gasteiger charge is -2.30. The van der Waals surface area contributed by atoms with Gasteiger partial charge in [0.15, 0.2) is 5.78 Å². The molecule has 1 saturated heterocycles. The first kappa shape index (κ1) is 23.4. The van der Waals surface area contributed by atoms with Gasteiger partial charge in [-0.05, 0) is 49.6 Å². The number of ether oxygens (including phenoxy) is 2. The number of carbonyl (C=O) groups excluding carboxylic acids is 1. The zero-order chi connectivity index (χ0) is 24.4. The number of halogens is 1. The molecule has 1 fully saturated rings. The van der Waals surface area contributed by atoms with Gasteiger partial charge in [0.1, 0.15) is 17.1 Å². The molecular formula is C27H26ClN3O4. The van der Waals surface area contributed by atoms with Crippen molar-refractivity contribution in [3.05, 3.63) is 82.6 Å². The quantitative estimate of drug-likeness (QED) is 0.295. The molecule has 180 valence electrons. The Kier molecular flexibility index (Phi) is 6.72. The van der Waals surface area contributed by atoms with E-state index in [0.29, 0.717) is 39.9 Å². The lowest BCUT2D eigenvalue weighted by atomic mass is 10.00. The summed E-state index contributed by atoms with van der Waals surface area (Å²) >= 11 is 6.53. The topological polar surface area (TPSA) is 96.5 Å². The van der Waals surface area contributed by atoms with Gasteiger partial charge in [-0.25, -0.2) is 4.98 Å². The highest BCUT2D eigenvalue weighted by molar-refractivity contribution is 6.36. The van der Waals surface area contributed by atoms with Crippen LogP contribution in [0.3, 0.4) is 0 Å². The number of H-pyrrole nitrogens is 1. The second-order valence-electron chi connectivity index (χ2n) is 8.68. The molecule has 35 heavy (non-hydrogen) atoms. The number of fused-ring (bicyclic) bond motifs is 1. The van der Waals surface area contributed by atoms with Crippen LogP contribution in [0.25, 0.3) is 11.0 Å². The fraction of sp³-hybridized carbons (Fsp3) is 0.259. The van der Waals surface area contributed by atoms with E-state index in [4.69, 9.17) is 21.1 Å². The summed E-state index contributed by atoms with van der Waals surface area (Å²) in [6.07, 6.45) is 4.96. The van der Waals surface area contributed by atoms with Gasteiger partial charge >= 0.3 is 0 Å². The SMILES string of the molecule is Cc1cnc2[nH]cc(C(=O)c3ccc(Oc4ccccc4)cc3Cl)c2c1N[C@@H]1CC[C@@H](CO)OC1. The maximum atomic E-state index is 13.6. The molecule has 5 rings (SSSR count). The molecule has 0 amide bonds. The third-order valence-electron chi connectivity index (χ3n) is 6.22. The first-order chi connectivity index (χ1) is 17.0. The Morgan fingerprint density at radius 1 is 1.20 bits per heavy atom. The van der Waals surface area contributed by atoms with E-state index in [2.05, 4.69) is 15.3 Å². The Balaban J connectivity index is 1.44. The third-order valence-corrected chi connectivity index (χ3v) is 6.53. The predicted octanol–water partition coefficient (Wildman–Crippen LogP) is 5.50. The summed E-state index contributed by atoms with van der Waals surface area (Å²) in [7, 11) is 0. The van der Waals surface area contributed by atoms with Gasteiger partial charge in [0, 0.05) is 30.1 Å². The molecule has 2 aromatic heterocycles. The van der Waals surface area contributed by atoms with Crippen LogP contribution in [-0.2, 0) is 4.74 Å². The van der Waals surface area contributed by atoms with E-state index >= 15 is 0 Å². The molecule has 0 spiro atoms. The molecule has 3 N–H and O–H groups in total. The Morgan fingerprint density at radius 2 is 2.03 bits per heavy atom. The number of nitrogens with zero attached hydrogens (tertiary/aromatic N) is 1. The number of aliphatic hydroxyl groups excluding tert-OH is 1. The number of aliphatic hydroxyl groups is 1. The normalized spacial score (nSPS) is 17.9. The largest absolute Gasteiger partial charge is 0.457 e. The van der Waals surface area contributed by atoms with E-state index in [1.54, 1.807) is 30.6 Å². The van der Waals surface area contributed by atoms with Crippen LogP contribution in [0.5, 0.6) is 11.5 Å². The van der Waals surface area contributed by atoms with Crippen molar-refractivity contribution in [2.24, 2.45) is 0 Å². The number of aryl methyl sites for hydroxylation is 1. The summed E-state index contributed by atoms with van der Waals surface area (Å²) in [4.78, 5) is 21.2. The number of benzene rings is 2. The van der Waals surface area contributed by atoms with Crippen LogP contribution in [0, 0.1) is 6.92 Å². The van der Waals surface area contributed by atoms with Crippen LogP contribution in [0.2, 0.25) is 5.02 Å². The van der Waals surface area contributed by atoms with E-state index < -0.39 is 0 Å². The van der Waals surface area contributed by atoms with Crippen molar-refractivity contribution in [2.75, 3.05) is 18.5 Å². The molecule has 8 heteroatoms. The van der Waals surface area contributed by atoms with Crippen molar-refractivity contribution in [2.45, 2.75) is 31.9 Å². The number of anilines is 1. The number of nitrogens with one attached hydrogen (secondary N) is 2. The lowest BCUT2D eigenvalue weighted by Crippen LogP contribution is -2.36. The number of aromatic nitrogens is 2. The molecule has 2 atom stereocenters. The molecule has 7 nitrogen and oxygen atoms in total. The van der Waals surface area contributed by atoms with Crippen LogP contribution < -0.4 is 10.1 Å². The van der Waals surface area contributed by atoms with Crippen molar-refractivity contribution in [1.29, 1.82) is 0 Å². The summed E-state index contributed by atoms with van der Waals surface area (Å²) in [6, 6.07) is 14.5. The average Bonchev–Trinajstić information content (AvgIpc) is 3.31. The Bertz CT molecular complexity index is 1350. The van der Waals surface area contributed by atoms with E-state index in [1.807, 2.05) is 37.3 Å². The molecule has 0 radical (unpaired) electrons. The number of rotatable bonds is 7. The van der Waals surface area contributed by atoms with Crippen molar-refractivity contribution in [3.8, 4) is 11.5 Å². The highest BCUT2D eigenvalue weighted by Crippen LogP contribution is 2.34. The second kappa shape index (κ2) is 10.1. The Hall–Kier alpha value is -3.39. The molecule has 0 aliphatic carbocycles. The lowest BCUT2D eigenvalue weighted by molar-refractivity contribution is -0.0223. The van der Waals surface area contributed by atoms with E-state index in [1.165, 1.54) is 0 Å². The van der Waals surface area contributed by atoms with E-state index in [0.717, 1.165) is 29.5 Å². The van der Waals surface area contributed by atoms with Crippen molar-refractivity contribution in [3.63, 3.8) is 0 Å². The number of hydrogen-bond donors (Lipinski definition) is 3. The summed E-state index contributed by atoms with van der Waals surface area (Å²) < 4.78 is 11.6. The molecule has 2 aromatic carbocycles. The van der Waals surface area contributed by atoms with Crippen LogP contribution in [0.15, 0.2) is 60.9 Å². The smallest absolute Gasteiger partial charge is 0.196 e. The van der Waals surface area contributed by atoms with Gasteiger partial charge in [-0.15, -0.1) is 0 Å². The van der Waals surface area contributed by atoms with Gasteiger partial charge in [0.2, 0.25) is 0 Å². The number of aromatic amines is 1. The van der Waals surface area contributed by atoms with E-state index in [-0.39, 0.29) is 24.5 Å². The number of carbonyl (C=O) groups is 1. The van der Waals surface area contributed by atoms with Gasteiger partial charge in [0.05, 0.1) is 41.0 Å². The minimum absolute atomic E-state index is 0.0254. The second-order valence-corrected chi connectivity index (χ2v) is 9.09. The third kappa shape index (κ3) is 4.89. The zero-order valence-corrected chi connectivity index (χ0v) is 20.0. The standard InChI is InChI=1S/C27H26ClN3O4/c1-16-12-29-27-24(25(16)31-17-7-8-20(14-32)34-15-17)22(13-30-27)26(33)21-10-9-19(11-23(21)28)35-18-5-3-2-4-6-18/h2-6,9-13,17,20,32H,7-8,14-15H2,1H3,(H2,29,30,31)/t17-,20+/m1/s1. The fourth-order valence-electron chi connectivity index (χ4n) is 4.34.